The summed E-state index contributed by atoms with van der Waals surface area (Å²) in [5.41, 5.74) is 1.62. The van der Waals surface area contributed by atoms with Crippen molar-refractivity contribution in [3.8, 4) is 0 Å². The second kappa shape index (κ2) is 7.50. The van der Waals surface area contributed by atoms with Crippen LogP contribution in [0.2, 0.25) is 0 Å². The average Bonchev–Trinajstić information content (AvgIpc) is 3.01. The number of piperidine rings is 1. The first-order chi connectivity index (χ1) is 12.7. The van der Waals surface area contributed by atoms with Gasteiger partial charge < -0.3 is 18.8 Å². The number of imidazole rings is 1. The Labute approximate surface area is 166 Å². The molecule has 7 nitrogen and oxygen atoms in total. The molecule has 1 saturated heterocycles. The molecule has 2 aromatic heterocycles. The van der Waals surface area contributed by atoms with E-state index in [2.05, 4.69) is 20.9 Å². The highest BCUT2D eigenvalue weighted by atomic mass is 79.9. The number of carbonyl (C=O) groups is 2. The maximum absolute atomic E-state index is 12.2. The summed E-state index contributed by atoms with van der Waals surface area (Å²) in [6.45, 7) is 6.90. The van der Waals surface area contributed by atoms with Crippen LogP contribution in [0.25, 0.3) is 5.65 Å². The van der Waals surface area contributed by atoms with Gasteiger partial charge >= 0.3 is 12.1 Å². The van der Waals surface area contributed by atoms with Crippen LogP contribution in [0, 0.1) is 0 Å². The molecule has 0 saturated carbocycles. The van der Waals surface area contributed by atoms with Gasteiger partial charge in [-0.3, -0.25) is 0 Å². The van der Waals surface area contributed by atoms with E-state index in [1.54, 1.807) is 11.0 Å². The van der Waals surface area contributed by atoms with E-state index in [0.29, 0.717) is 28.8 Å². The predicted octanol–water partition coefficient (Wildman–Crippen LogP) is 4.00. The molecule has 0 spiro atoms. The number of esters is 1. The smallest absolute Gasteiger partial charge is 0.410 e. The molecule has 0 bridgehead atoms. The molecule has 0 atom stereocenters. The fraction of sp³-hybridized carbons (Fsp3) is 0.526. The number of hydrogen-bond acceptors (Lipinski definition) is 5. The van der Waals surface area contributed by atoms with Gasteiger partial charge in [0, 0.05) is 35.9 Å². The number of methoxy groups -OCH3 is 1. The number of carbonyl (C=O) groups excluding carboxylic acids is 2. The monoisotopic (exact) mass is 437 g/mol. The molecule has 1 aliphatic heterocycles. The van der Waals surface area contributed by atoms with Crippen LogP contribution in [0.5, 0.6) is 0 Å². The highest BCUT2D eigenvalue weighted by molar-refractivity contribution is 9.10. The van der Waals surface area contributed by atoms with Gasteiger partial charge in [0.15, 0.2) is 0 Å². The van der Waals surface area contributed by atoms with Crippen molar-refractivity contribution < 1.29 is 19.1 Å². The predicted molar refractivity (Wildman–Crippen MR) is 104 cm³/mol. The SMILES string of the molecule is COC(=O)c1cc2nc(C3CCN(C(=O)OC(C)(C)C)CC3)cn2cc1Br. The molecular weight excluding hydrogens is 414 g/mol. The number of pyridine rings is 1. The van der Waals surface area contributed by atoms with Crippen LogP contribution >= 0.6 is 15.9 Å². The molecule has 1 fully saturated rings. The van der Waals surface area contributed by atoms with Crippen molar-refractivity contribution in [2.24, 2.45) is 0 Å². The third-order valence-electron chi connectivity index (χ3n) is 4.53. The fourth-order valence-corrected chi connectivity index (χ4v) is 3.67. The summed E-state index contributed by atoms with van der Waals surface area (Å²) >= 11 is 3.40. The molecule has 2 aromatic rings. The molecule has 1 amide bonds. The Hall–Kier alpha value is -2.09. The Morgan fingerprint density at radius 1 is 1.22 bits per heavy atom. The number of likely N-dealkylation sites (tertiary alicyclic amines) is 1. The molecular formula is C19H24BrN3O4. The summed E-state index contributed by atoms with van der Waals surface area (Å²) in [5.74, 6) is -0.136. The first-order valence-corrected chi connectivity index (χ1v) is 9.71. The van der Waals surface area contributed by atoms with Crippen LogP contribution in [-0.4, -0.2) is 52.1 Å². The molecule has 27 heavy (non-hydrogen) atoms. The van der Waals surface area contributed by atoms with Gasteiger partial charge in [0.05, 0.1) is 18.4 Å². The van der Waals surface area contributed by atoms with Gasteiger partial charge in [-0.05, 0) is 55.6 Å². The number of halogens is 1. The molecule has 3 rings (SSSR count). The summed E-state index contributed by atoms with van der Waals surface area (Å²) in [5, 5.41) is 0. The van der Waals surface area contributed by atoms with Crippen LogP contribution < -0.4 is 0 Å². The summed E-state index contributed by atoms with van der Waals surface area (Å²) in [7, 11) is 1.36. The number of fused-ring (bicyclic) bond motifs is 1. The van der Waals surface area contributed by atoms with E-state index in [9.17, 15) is 9.59 Å². The lowest BCUT2D eigenvalue weighted by Crippen LogP contribution is -2.41. The van der Waals surface area contributed by atoms with Gasteiger partial charge in [-0.25, -0.2) is 14.6 Å². The Morgan fingerprint density at radius 2 is 1.89 bits per heavy atom. The Morgan fingerprint density at radius 3 is 2.48 bits per heavy atom. The Kier molecular flexibility index (Phi) is 5.46. The Bertz CT molecular complexity index is 864. The van der Waals surface area contributed by atoms with E-state index in [1.165, 1.54) is 7.11 Å². The third-order valence-corrected chi connectivity index (χ3v) is 5.16. The van der Waals surface area contributed by atoms with Crippen molar-refractivity contribution in [1.82, 2.24) is 14.3 Å². The lowest BCUT2D eigenvalue weighted by Gasteiger charge is -2.32. The van der Waals surface area contributed by atoms with Crippen molar-refractivity contribution >= 4 is 33.6 Å². The largest absolute Gasteiger partial charge is 0.465 e. The second-order valence-corrected chi connectivity index (χ2v) is 8.55. The van der Waals surface area contributed by atoms with Crippen LogP contribution in [-0.2, 0) is 9.47 Å². The zero-order chi connectivity index (χ0) is 19.8. The van der Waals surface area contributed by atoms with Crippen LogP contribution in [0.4, 0.5) is 4.79 Å². The van der Waals surface area contributed by atoms with Crippen molar-refractivity contribution in [2.45, 2.75) is 45.1 Å². The van der Waals surface area contributed by atoms with E-state index in [4.69, 9.17) is 9.47 Å². The van der Waals surface area contributed by atoms with Crippen molar-refractivity contribution in [2.75, 3.05) is 20.2 Å². The summed E-state index contributed by atoms with van der Waals surface area (Å²) in [6.07, 6.45) is 5.19. The zero-order valence-corrected chi connectivity index (χ0v) is 17.6. The topological polar surface area (TPSA) is 73.1 Å². The number of amides is 1. The number of nitrogens with zero attached hydrogens (tertiary/aromatic N) is 3. The van der Waals surface area contributed by atoms with Gasteiger partial charge in [0.25, 0.3) is 0 Å². The molecule has 0 aliphatic carbocycles. The van der Waals surface area contributed by atoms with Gasteiger partial charge in [-0.15, -0.1) is 0 Å². The lowest BCUT2D eigenvalue weighted by molar-refractivity contribution is 0.0204. The molecule has 0 unspecified atom stereocenters. The van der Waals surface area contributed by atoms with E-state index in [1.807, 2.05) is 37.6 Å². The summed E-state index contributed by atoms with van der Waals surface area (Å²) in [6, 6.07) is 1.72. The van der Waals surface area contributed by atoms with Crippen LogP contribution in [0.15, 0.2) is 22.9 Å². The number of aromatic nitrogens is 2. The number of ether oxygens (including phenoxy) is 2. The fourth-order valence-electron chi connectivity index (χ4n) is 3.17. The van der Waals surface area contributed by atoms with Gasteiger partial charge in [0.2, 0.25) is 0 Å². The first-order valence-electron chi connectivity index (χ1n) is 8.92. The number of rotatable bonds is 2. The van der Waals surface area contributed by atoms with E-state index < -0.39 is 11.6 Å². The molecule has 8 heteroatoms. The summed E-state index contributed by atoms with van der Waals surface area (Å²) < 4.78 is 12.8. The minimum Gasteiger partial charge on any atom is -0.465 e. The van der Waals surface area contributed by atoms with Gasteiger partial charge in [-0.2, -0.15) is 0 Å². The normalized spacial score (nSPS) is 15.8. The molecule has 3 heterocycles. The molecule has 0 N–H and O–H groups in total. The van der Waals surface area contributed by atoms with E-state index in [-0.39, 0.29) is 12.0 Å². The molecule has 146 valence electrons. The maximum Gasteiger partial charge on any atom is 0.410 e. The van der Waals surface area contributed by atoms with Crippen molar-refractivity contribution in [3.05, 3.63) is 34.2 Å². The maximum atomic E-state index is 12.2. The zero-order valence-electron chi connectivity index (χ0n) is 16.0. The Balaban J connectivity index is 1.72. The van der Waals surface area contributed by atoms with Gasteiger partial charge in [0.1, 0.15) is 11.2 Å². The minimum atomic E-state index is -0.486. The molecule has 1 aliphatic rings. The average molecular weight is 438 g/mol. The third kappa shape index (κ3) is 4.43. The van der Waals surface area contributed by atoms with Crippen LogP contribution in [0.1, 0.15) is 55.6 Å². The molecule has 0 aromatic carbocycles. The lowest BCUT2D eigenvalue weighted by atomic mass is 9.94. The minimum absolute atomic E-state index is 0.261. The highest BCUT2D eigenvalue weighted by Crippen LogP contribution is 2.29. The standard InChI is InChI=1S/C19H24BrN3O4/c1-19(2,3)27-18(25)22-7-5-12(6-8-22)15-11-23-10-14(20)13(17(24)26-4)9-16(23)21-15/h9-12H,5-8H2,1-4H3. The summed E-state index contributed by atoms with van der Waals surface area (Å²) in [4.78, 5) is 30.5. The quantitative estimate of drug-likeness (QED) is 0.663. The van der Waals surface area contributed by atoms with Crippen molar-refractivity contribution in [1.29, 1.82) is 0 Å². The number of hydrogen-bond donors (Lipinski definition) is 0. The second-order valence-electron chi connectivity index (χ2n) is 7.70. The highest BCUT2D eigenvalue weighted by Gasteiger charge is 2.28. The van der Waals surface area contributed by atoms with Crippen molar-refractivity contribution in [3.63, 3.8) is 0 Å². The van der Waals surface area contributed by atoms with E-state index in [0.717, 1.165) is 18.5 Å². The van der Waals surface area contributed by atoms with Gasteiger partial charge in [-0.1, -0.05) is 0 Å². The van der Waals surface area contributed by atoms with Crippen LogP contribution in [0.3, 0.4) is 0 Å². The van der Waals surface area contributed by atoms with E-state index >= 15 is 0 Å². The first kappa shape index (κ1) is 19.7. The molecule has 0 radical (unpaired) electrons.